The van der Waals surface area contributed by atoms with E-state index in [2.05, 4.69) is 28.4 Å². The highest BCUT2D eigenvalue weighted by atomic mass is 19.1. The molecular weight excluding hydrogens is 405 g/mol. The van der Waals surface area contributed by atoms with E-state index >= 15 is 0 Å². The molecule has 0 spiro atoms. The number of hydrogen-bond donors (Lipinski definition) is 1. The van der Waals surface area contributed by atoms with Crippen LogP contribution in [0.4, 0.5) is 10.1 Å². The zero-order chi connectivity index (χ0) is 22.3. The minimum Gasteiger partial charge on any atom is -0.378 e. The summed E-state index contributed by atoms with van der Waals surface area (Å²) in [7, 11) is 0. The quantitative estimate of drug-likeness (QED) is 0.554. The lowest BCUT2D eigenvalue weighted by atomic mass is 10.1. The van der Waals surface area contributed by atoms with Gasteiger partial charge in [0.15, 0.2) is 0 Å². The third kappa shape index (κ3) is 4.96. The predicted octanol–water partition coefficient (Wildman–Crippen LogP) is 4.68. The number of benzene rings is 2. The molecule has 1 aliphatic carbocycles. The molecule has 0 atom stereocenters. The first kappa shape index (κ1) is 21.5. The number of allylic oxidation sites excluding steroid dienone is 3. The van der Waals surface area contributed by atoms with Crippen LogP contribution in [0.1, 0.15) is 18.4 Å². The van der Waals surface area contributed by atoms with Gasteiger partial charge in [0.05, 0.1) is 18.9 Å². The number of para-hydroxylation sites is 1. The van der Waals surface area contributed by atoms with Gasteiger partial charge in [-0.05, 0) is 53.8 Å². The number of nitriles is 1. The Bertz CT molecular complexity index is 1120. The molecule has 1 fully saturated rings. The van der Waals surface area contributed by atoms with Crippen LogP contribution >= 0.6 is 0 Å². The Kier molecular flexibility index (Phi) is 6.78. The van der Waals surface area contributed by atoms with E-state index in [-0.39, 0.29) is 11.3 Å². The molecule has 32 heavy (non-hydrogen) atoms. The van der Waals surface area contributed by atoms with Crippen LogP contribution in [0.5, 0.6) is 0 Å². The Morgan fingerprint density at radius 1 is 1.06 bits per heavy atom. The topological polar surface area (TPSA) is 65.4 Å². The Morgan fingerprint density at radius 3 is 2.50 bits per heavy atom. The van der Waals surface area contributed by atoms with Gasteiger partial charge >= 0.3 is 0 Å². The summed E-state index contributed by atoms with van der Waals surface area (Å²) in [4.78, 5) is 15.0. The number of halogens is 1. The summed E-state index contributed by atoms with van der Waals surface area (Å²) in [6, 6.07) is 18.0. The van der Waals surface area contributed by atoms with Crippen LogP contribution < -0.4 is 5.32 Å². The lowest BCUT2D eigenvalue weighted by Gasteiger charge is -2.31. The Balaban J connectivity index is 1.68. The van der Waals surface area contributed by atoms with Crippen molar-refractivity contribution in [1.82, 2.24) is 4.90 Å². The maximum Gasteiger partial charge on any atom is 0.266 e. The van der Waals surface area contributed by atoms with Crippen LogP contribution in [-0.4, -0.2) is 37.1 Å². The standard InChI is InChI=1S/C26H24FN3O2/c27-23-8-4-5-9-24(23)29-26(31)22(18-28)17-21-11-10-20(16-19-6-2-1-3-7-19)25(21)30-12-14-32-15-13-30/h1-9,16-17H,10-15H2,(H,29,31)/b20-16+,22-17-. The molecule has 1 saturated heterocycles. The van der Waals surface area contributed by atoms with E-state index in [0.717, 1.165) is 42.8 Å². The largest absolute Gasteiger partial charge is 0.378 e. The fourth-order valence-corrected chi connectivity index (χ4v) is 4.01. The average Bonchev–Trinajstić information content (AvgIpc) is 3.22. The van der Waals surface area contributed by atoms with Crippen LogP contribution in [0.2, 0.25) is 0 Å². The molecule has 2 aliphatic rings. The summed E-state index contributed by atoms with van der Waals surface area (Å²) in [6.45, 7) is 2.78. The Hall–Kier alpha value is -3.69. The molecule has 1 N–H and O–H groups in total. The fraction of sp³-hybridized carbons (Fsp3) is 0.231. The highest BCUT2D eigenvalue weighted by Gasteiger charge is 2.26. The molecule has 0 radical (unpaired) electrons. The van der Waals surface area contributed by atoms with Gasteiger partial charge in [0.2, 0.25) is 0 Å². The van der Waals surface area contributed by atoms with Crippen LogP contribution in [0.25, 0.3) is 6.08 Å². The molecule has 2 aromatic carbocycles. The average molecular weight is 429 g/mol. The van der Waals surface area contributed by atoms with E-state index in [4.69, 9.17) is 4.74 Å². The van der Waals surface area contributed by atoms with Crippen molar-refractivity contribution in [2.75, 3.05) is 31.6 Å². The minimum absolute atomic E-state index is 0.0463. The number of carbonyl (C=O) groups is 1. The predicted molar refractivity (Wildman–Crippen MR) is 122 cm³/mol. The van der Waals surface area contributed by atoms with E-state index in [1.54, 1.807) is 18.2 Å². The van der Waals surface area contributed by atoms with Crippen molar-refractivity contribution in [1.29, 1.82) is 5.26 Å². The van der Waals surface area contributed by atoms with Gasteiger partial charge in [0.25, 0.3) is 5.91 Å². The lowest BCUT2D eigenvalue weighted by Crippen LogP contribution is -2.36. The Labute approximate surface area is 187 Å². The van der Waals surface area contributed by atoms with E-state index in [1.807, 2.05) is 24.3 Å². The van der Waals surface area contributed by atoms with Crippen LogP contribution in [0.3, 0.4) is 0 Å². The highest BCUT2D eigenvalue weighted by molar-refractivity contribution is 6.07. The molecular formula is C26H24FN3O2. The van der Waals surface area contributed by atoms with E-state index in [1.165, 1.54) is 17.7 Å². The van der Waals surface area contributed by atoms with Gasteiger partial charge in [0.1, 0.15) is 17.5 Å². The van der Waals surface area contributed by atoms with Crippen molar-refractivity contribution < 1.29 is 13.9 Å². The molecule has 0 aromatic heterocycles. The maximum absolute atomic E-state index is 13.9. The molecule has 1 heterocycles. The number of carbonyl (C=O) groups excluding carboxylic acids is 1. The van der Waals surface area contributed by atoms with Gasteiger partial charge < -0.3 is 15.0 Å². The lowest BCUT2D eigenvalue weighted by molar-refractivity contribution is -0.112. The van der Waals surface area contributed by atoms with E-state index in [9.17, 15) is 14.4 Å². The fourth-order valence-electron chi connectivity index (χ4n) is 4.01. The minimum atomic E-state index is -0.619. The maximum atomic E-state index is 13.9. The van der Waals surface area contributed by atoms with Gasteiger partial charge in [-0.3, -0.25) is 4.79 Å². The van der Waals surface area contributed by atoms with Crippen LogP contribution in [0, 0.1) is 17.1 Å². The van der Waals surface area contributed by atoms with Crippen molar-refractivity contribution in [3.63, 3.8) is 0 Å². The number of anilines is 1. The first-order valence-corrected chi connectivity index (χ1v) is 10.6. The number of ether oxygens (including phenoxy) is 1. The summed E-state index contributed by atoms with van der Waals surface area (Å²) in [5.41, 5.74) is 4.29. The van der Waals surface area contributed by atoms with Crippen molar-refractivity contribution in [2.45, 2.75) is 12.8 Å². The van der Waals surface area contributed by atoms with Crippen molar-refractivity contribution in [3.05, 3.63) is 94.5 Å². The van der Waals surface area contributed by atoms with Gasteiger partial charge in [0, 0.05) is 18.8 Å². The van der Waals surface area contributed by atoms with Crippen LogP contribution in [-0.2, 0) is 9.53 Å². The highest BCUT2D eigenvalue weighted by Crippen LogP contribution is 2.37. The first-order valence-electron chi connectivity index (χ1n) is 10.6. The molecule has 5 nitrogen and oxygen atoms in total. The SMILES string of the molecule is N#C/C(=C/C1=C(N2CCOCC2)C(=C/c2ccccc2)/CC1)C(=O)Nc1ccccc1F. The van der Waals surface area contributed by atoms with Gasteiger partial charge in [-0.25, -0.2) is 4.39 Å². The third-order valence-electron chi connectivity index (χ3n) is 5.55. The summed E-state index contributed by atoms with van der Waals surface area (Å²) in [5, 5.41) is 12.2. The van der Waals surface area contributed by atoms with Crippen LogP contribution in [0.15, 0.2) is 83.1 Å². The normalized spacial score (nSPS) is 18.1. The molecule has 0 unspecified atom stereocenters. The number of nitrogens with one attached hydrogen (secondary N) is 1. The molecule has 0 bridgehead atoms. The molecule has 0 saturated carbocycles. The molecule has 2 aromatic rings. The second-order valence-electron chi connectivity index (χ2n) is 7.66. The summed E-state index contributed by atoms with van der Waals surface area (Å²) < 4.78 is 19.4. The number of nitrogens with zero attached hydrogens (tertiary/aromatic N) is 2. The zero-order valence-corrected chi connectivity index (χ0v) is 17.7. The third-order valence-corrected chi connectivity index (χ3v) is 5.55. The second kappa shape index (κ2) is 10.1. The second-order valence-corrected chi connectivity index (χ2v) is 7.66. The van der Waals surface area contributed by atoms with Crippen molar-refractivity contribution >= 4 is 17.7 Å². The van der Waals surface area contributed by atoms with E-state index in [0.29, 0.717) is 13.2 Å². The number of morpholine rings is 1. The molecule has 1 amide bonds. The number of rotatable bonds is 5. The molecule has 6 heteroatoms. The first-order chi connectivity index (χ1) is 15.7. The zero-order valence-electron chi connectivity index (χ0n) is 17.7. The summed E-state index contributed by atoms with van der Waals surface area (Å²) >= 11 is 0. The monoisotopic (exact) mass is 429 g/mol. The smallest absolute Gasteiger partial charge is 0.266 e. The number of hydrogen-bond acceptors (Lipinski definition) is 4. The number of amides is 1. The molecule has 1 aliphatic heterocycles. The summed E-state index contributed by atoms with van der Waals surface area (Å²) in [6.07, 6.45) is 5.36. The molecule has 4 rings (SSSR count). The van der Waals surface area contributed by atoms with Gasteiger partial charge in [-0.1, -0.05) is 42.5 Å². The van der Waals surface area contributed by atoms with E-state index < -0.39 is 11.7 Å². The Morgan fingerprint density at radius 2 is 1.78 bits per heavy atom. The van der Waals surface area contributed by atoms with Crippen molar-refractivity contribution in [2.24, 2.45) is 0 Å². The summed E-state index contributed by atoms with van der Waals surface area (Å²) in [5.74, 6) is -1.16. The van der Waals surface area contributed by atoms with Gasteiger partial charge in [-0.15, -0.1) is 0 Å². The van der Waals surface area contributed by atoms with Crippen molar-refractivity contribution in [3.8, 4) is 6.07 Å². The molecule has 162 valence electrons. The van der Waals surface area contributed by atoms with Gasteiger partial charge in [-0.2, -0.15) is 5.26 Å².